The van der Waals surface area contributed by atoms with Crippen LogP contribution in [0.3, 0.4) is 0 Å². The van der Waals surface area contributed by atoms with Gasteiger partial charge in [0.2, 0.25) is 5.91 Å². The molecule has 0 aliphatic carbocycles. The van der Waals surface area contributed by atoms with Crippen LogP contribution in [0.25, 0.3) is 0 Å². The van der Waals surface area contributed by atoms with E-state index in [1.165, 1.54) is 11.3 Å². The van der Waals surface area contributed by atoms with Gasteiger partial charge < -0.3 is 20.8 Å². The Morgan fingerprint density at radius 2 is 1.52 bits per heavy atom. The van der Waals surface area contributed by atoms with Gasteiger partial charge >= 0.3 is 11.9 Å². The van der Waals surface area contributed by atoms with Crippen LogP contribution in [0.2, 0.25) is 0 Å². The van der Waals surface area contributed by atoms with Crippen LogP contribution in [0.4, 0.5) is 5.69 Å². The highest BCUT2D eigenvalue weighted by Gasteiger charge is 2.22. The molecule has 150 valence electrons. The lowest BCUT2D eigenvalue weighted by Crippen LogP contribution is -2.38. The molecule has 0 saturated carbocycles. The second-order valence-electron chi connectivity index (χ2n) is 6.40. The number of carboxylic acids is 2. The highest BCUT2D eigenvalue weighted by Crippen LogP contribution is 2.20. The van der Waals surface area contributed by atoms with Crippen LogP contribution in [0.5, 0.6) is 0 Å². The van der Waals surface area contributed by atoms with Crippen LogP contribution in [0.15, 0.2) is 24.3 Å². The van der Waals surface area contributed by atoms with E-state index in [-0.39, 0.29) is 11.8 Å². The molecule has 2 rings (SSSR count). The molecule has 1 fully saturated rings. The number of carbonyl (C=O) groups is 3. The number of benzene rings is 1. The lowest BCUT2D eigenvalue weighted by Gasteiger charge is -2.30. The Morgan fingerprint density at radius 1 is 1.04 bits per heavy atom. The number of rotatable bonds is 6. The molecular weight excluding hydrogens is 350 g/mol. The molecule has 1 heterocycles. The zero-order valence-electron chi connectivity index (χ0n) is 15.9. The van der Waals surface area contributed by atoms with Crippen molar-refractivity contribution in [2.75, 3.05) is 31.1 Å². The van der Waals surface area contributed by atoms with E-state index >= 15 is 0 Å². The first kappa shape index (κ1) is 22.4. The van der Waals surface area contributed by atoms with E-state index in [4.69, 9.17) is 25.5 Å². The summed E-state index contributed by atoms with van der Waals surface area (Å²) in [5, 5.41) is 14.8. The first-order chi connectivity index (χ1) is 12.8. The lowest BCUT2D eigenvalue weighted by molar-refractivity contribution is -0.159. The van der Waals surface area contributed by atoms with Crippen LogP contribution < -0.4 is 10.6 Å². The first-order valence-electron chi connectivity index (χ1n) is 9.10. The fourth-order valence-electron chi connectivity index (χ4n) is 3.03. The number of nitrogens with two attached hydrogens (primary N) is 1. The molecule has 0 spiro atoms. The second-order valence-corrected chi connectivity index (χ2v) is 6.40. The molecule has 0 aromatic heterocycles. The SMILES string of the molecule is CCN(CC)c1ccc(CN2CCC(C(N)=O)CC2)cc1.O=C(O)C(=O)O. The molecule has 1 aliphatic rings. The van der Waals surface area contributed by atoms with Gasteiger partial charge in [-0.1, -0.05) is 12.1 Å². The molecule has 1 aliphatic heterocycles. The van der Waals surface area contributed by atoms with Crippen molar-refractivity contribution in [3.05, 3.63) is 29.8 Å². The molecule has 0 atom stereocenters. The number of anilines is 1. The number of piperidine rings is 1. The van der Waals surface area contributed by atoms with Crippen molar-refractivity contribution in [2.24, 2.45) is 11.7 Å². The lowest BCUT2D eigenvalue weighted by atomic mass is 9.96. The number of carboxylic acid groups (broad SMARTS) is 2. The predicted octanol–water partition coefficient (Wildman–Crippen LogP) is 1.39. The smallest absolute Gasteiger partial charge is 0.414 e. The minimum absolute atomic E-state index is 0.0753. The Labute approximate surface area is 159 Å². The van der Waals surface area contributed by atoms with Crippen molar-refractivity contribution in [1.29, 1.82) is 0 Å². The van der Waals surface area contributed by atoms with E-state index in [2.05, 4.69) is 47.9 Å². The third kappa shape index (κ3) is 7.65. The van der Waals surface area contributed by atoms with Crippen molar-refractivity contribution in [2.45, 2.75) is 33.2 Å². The maximum absolute atomic E-state index is 11.2. The summed E-state index contributed by atoms with van der Waals surface area (Å²) < 4.78 is 0. The third-order valence-corrected chi connectivity index (χ3v) is 4.64. The van der Waals surface area contributed by atoms with E-state index < -0.39 is 11.9 Å². The van der Waals surface area contributed by atoms with Gasteiger partial charge in [-0.3, -0.25) is 9.69 Å². The van der Waals surface area contributed by atoms with Crippen molar-refractivity contribution in [3.63, 3.8) is 0 Å². The topological polar surface area (TPSA) is 124 Å². The van der Waals surface area contributed by atoms with E-state index in [0.717, 1.165) is 45.6 Å². The van der Waals surface area contributed by atoms with Gasteiger partial charge in [0.05, 0.1) is 0 Å². The maximum Gasteiger partial charge on any atom is 0.414 e. The monoisotopic (exact) mass is 379 g/mol. The van der Waals surface area contributed by atoms with Crippen molar-refractivity contribution in [1.82, 2.24) is 4.90 Å². The average Bonchev–Trinajstić information content (AvgIpc) is 2.65. The quantitative estimate of drug-likeness (QED) is 0.638. The first-order valence-corrected chi connectivity index (χ1v) is 9.10. The Kier molecular flexibility index (Phi) is 9.29. The fourth-order valence-corrected chi connectivity index (χ4v) is 3.03. The summed E-state index contributed by atoms with van der Waals surface area (Å²) in [6.45, 7) is 9.33. The number of primary amides is 1. The molecule has 1 amide bonds. The molecule has 8 heteroatoms. The van der Waals surface area contributed by atoms with E-state index in [9.17, 15) is 4.79 Å². The Hall–Kier alpha value is -2.61. The van der Waals surface area contributed by atoms with E-state index in [1.54, 1.807) is 0 Å². The summed E-state index contributed by atoms with van der Waals surface area (Å²) in [5.41, 5.74) is 8.00. The zero-order chi connectivity index (χ0) is 20.4. The molecule has 0 unspecified atom stereocenters. The Morgan fingerprint density at radius 3 is 1.89 bits per heavy atom. The minimum atomic E-state index is -1.82. The van der Waals surface area contributed by atoms with E-state index in [1.807, 2.05) is 0 Å². The van der Waals surface area contributed by atoms with Crippen LogP contribution >= 0.6 is 0 Å². The Balaban J connectivity index is 0.000000527. The summed E-state index contributed by atoms with van der Waals surface area (Å²) in [5.74, 6) is -3.71. The van der Waals surface area contributed by atoms with E-state index in [0.29, 0.717) is 0 Å². The summed E-state index contributed by atoms with van der Waals surface area (Å²) in [7, 11) is 0. The number of nitrogens with zero attached hydrogens (tertiary/aromatic N) is 2. The van der Waals surface area contributed by atoms with Gasteiger partial charge in [0.15, 0.2) is 0 Å². The van der Waals surface area contributed by atoms with Gasteiger partial charge in [-0.15, -0.1) is 0 Å². The average molecular weight is 379 g/mol. The Bertz CT molecular complexity index is 609. The van der Waals surface area contributed by atoms with Gasteiger partial charge in [-0.05, 0) is 57.5 Å². The molecule has 0 bridgehead atoms. The number of hydrogen-bond donors (Lipinski definition) is 3. The molecule has 27 heavy (non-hydrogen) atoms. The molecule has 4 N–H and O–H groups in total. The van der Waals surface area contributed by atoms with Crippen LogP contribution in [0.1, 0.15) is 32.3 Å². The summed E-state index contributed by atoms with van der Waals surface area (Å²) in [4.78, 5) is 34.1. The van der Waals surface area contributed by atoms with Crippen molar-refractivity contribution < 1.29 is 24.6 Å². The van der Waals surface area contributed by atoms with Crippen LogP contribution in [0, 0.1) is 5.92 Å². The number of hydrogen-bond acceptors (Lipinski definition) is 5. The fraction of sp³-hybridized carbons (Fsp3) is 0.526. The zero-order valence-corrected chi connectivity index (χ0v) is 15.9. The van der Waals surface area contributed by atoms with Gasteiger partial charge in [-0.2, -0.15) is 0 Å². The van der Waals surface area contributed by atoms with Crippen molar-refractivity contribution in [3.8, 4) is 0 Å². The molecular formula is C19H29N3O5. The normalized spacial score (nSPS) is 14.7. The standard InChI is InChI=1S/C17H27N3O.C2H2O4/c1-3-20(4-2)16-7-5-14(6-8-16)13-19-11-9-15(10-12-19)17(18)21;3-1(4)2(5)6/h5-8,15H,3-4,9-13H2,1-2H3,(H2,18,21);(H,3,4)(H,5,6). The van der Waals surface area contributed by atoms with Crippen LogP contribution in [-0.4, -0.2) is 59.1 Å². The number of likely N-dealkylation sites (tertiary alicyclic amines) is 1. The minimum Gasteiger partial charge on any atom is -0.473 e. The molecule has 1 saturated heterocycles. The number of carbonyl (C=O) groups excluding carboxylic acids is 1. The summed E-state index contributed by atoms with van der Waals surface area (Å²) in [6.07, 6.45) is 1.79. The third-order valence-electron chi connectivity index (χ3n) is 4.64. The van der Waals surface area contributed by atoms with Gasteiger partial charge in [0, 0.05) is 31.2 Å². The van der Waals surface area contributed by atoms with Crippen molar-refractivity contribution >= 4 is 23.5 Å². The molecule has 1 aromatic rings. The molecule has 1 aromatic carbocycles. The summed E-state index contributed by atoms with van der Waals surface area (Å²) in [6, 6.07) is 8.85. The highest BCUT2D eigenvalue weighted by molar-refractivity contribution is 6.27. The van der Waals surface area contributed by atoms with Crippen LogP contribution in [-0.2, 0) is 20.9 Å². The molecule has 8 nitrogen and oxygen atoms in total. The largest absolute Gasteiger partial charge is 0.473 e. The summed E-state index contributed by atoms with van der Waals surface area (Å²) >= 11 is 0. The maximum atomic E-state index is 11.2. The van der Waals surface area contributed by atoms with Gasteiger partial charge in [-0.25, -0.2) is 9.59 Å². The second kappa shape index (κ2) is 11.2. The highest BCUT2D eigenvalue weighted by atomic mass is 16.4. The number of aliphatic carboxylic acids is 2. The van der Waals surface area contributed by atoms with Gasteiger partial charge in [0.25, 0.3) is 0 Å². The molecule has 0 radical (unpaired) electrons. The predicted molar refractivity (Wildman–Crippen MR) is 102 cm³/mol. The van der Waals surface area contributed by atoms with Gasteiger partial charge in [0.1, 0.15) is 0 Å². The number of amides is 1.